The van der Waals surface area contributed by atoms with Crippen molar-refractivity contribution in [3.05, 3.63) is 36.4 Å². The van der Waals surface area contributed by atoms with Crippen LogP contribution in [0.5, 0.6) is 0 Å². The molecule has 0 aliphatic carbocycles. The van der Waals surface area contributed by atoms with Gasteiger partial charge < -0.3 is 10.3 Å². The van der Waals surface area contributed by atoms with Gasteiger partial charge in [-0.3, -0.25) is 4.72 Å². The van der Waals surface area contributed by atoms with E-state index in [0.717, 1.165) is 0 Å². The lowest BCUT2D eigenvalue weighted by Crippen LogP contribution is -2.14. The molecule has 0 atom stereocenters. The van der Waals surface area contributed by atoms with Crippen molar-refractivity contribution in [1.29, 1.82) is 0 Å². The van der Waals surface area contributed by atoms with E-state index in [1.54, 1.807) is 17.7 Å². The molecular formula is C12H13N5O2S. The number of sulfonamides is 1. The lowest BCUT2D eigenvalue weighted by Gasteiger charge is -2.04. The minimum absolute atomic E-state index is 0.0692. The number of pyridine rings is 1. The minimum Gasteiger partial charge on any atom is -0.339 e. The van der Waals surface area contributed by atoms with Crippen LogP contribution in [0.3, 0.4) is 0 Å². The lowest BCUT2D eigenvalue weighted by atomic mass is 10.2. The molecule has 7 nitrogen and oxygen atoms in total. The summed E-state index contributed by atoms with van der Waals surface area (Å²) in [6, 6.07) is 3.20. The second-order valence-corrected chi connectivity index (χ2v) is 5.55. The Balaban J connectivity index is 2.25. The molecule has 0 aliphatic heterocycles. The molecule has 0 bridgehead atoms. The van der Waals surface area contributed by atoms with E-state index in [0.29, 0.717) is 5.56 Å². The first kappa shape index (κ1) is 14.0. The largest absolute Gasteiger partial charge is 0.339 e. The summed E-state index contributed by atoms with van der Waals surface area (Å²) in [6.07, 6.45) is 4.28. The molecule has 2 aromatic rings. The van der Waals surface area contributed by atoms with Crippen molar-refractivity contribution in [3.8, 4) is 11.8 Å². The molecule has 0 aliphatic rings. The predicted octanol–water partition coefficient (Wildman–Crippen LogP) is -0.0739. The van der Waals surface area contributed by atoms with Crippen LogP contribution in [0.15, 0.2) is 35.9 Å². The first-order valence-electron chi connectivity index (χ1n) is 5.67. The van der Waals surface area contributed by atoms with Crippen molar-refractivity contribution in [3.63, 3.8) is 0 Å². The summed E-state index contributed by atoms with van der Waals surface area (Å²) in [5, 5.41) is -0.0692. The third-order valence-electron chi connectivity index (χ3n) is 2.29. The molecule has 2 heterocycles. The summed E-state index contributed by atoms with van der Waals surface area (Å²) in [7, 11) is -2.06. The number of imidazole rings is 1. The molecule has 0 amide bonds. The quantitative estimate of drug-likeness (QED) is 0.770. The summed E-state index contributed by atoms with van der Waals surface area (Å²) in [5.74, 6) is 5.67. The fourth-order valence-corrected chi connectivity index (χ4v) is 2.42. The molecule has 0 radical (unpaired) electrons. The number of rotatable bonds is 3. The Bertz CT molecular complexity index is 770. The highest BCUT2D eigenvalue weighted by atomic mass is 32.2. The maximum Gasteiger partial charge on any atom is 0.282 e. The van der Waals surface area contributed by atoms with Crippen LogP contribution in [0.2, 0.25) is 0 Å². The smallest absolute Gasteiger partial charge is 0.282 e. The molecule has 0 spiro atoms. The molecule has 0 aromatic carbocycles. The third kappa shape index (κ3) is 3.34. The van der Waals surface area contributed by atoms with Gasteiger partial charge in [0.2, 0.25) is 0 Å². The van der Waals surface area contributed by atoms with Crippen LogP contribution in [0.25, 0.3) is 0 Å². The average molecular weight is 291 g/mol. The van der Waals surface area contributed by atoms with Gasteiger partial charge in [0.05, 0.1) is 12.9 Å². The molecule has 104 valence electrons. The number of aromatic nitrogens is 3. The Morgan fingerprint density at radius 3 is 2.90 bits per heavy atom. The standard InChI is InChI=1S/C12H13N5O2S/c1-17-8-12(15-9-17)20(18,19)16-11-7-10(3-2-5-13)4-6-14-11/h4,6-9H,5,13H2,1H3,(H,14,16). The highest BCUT2D eigenvalue weighted by molar-refractivity contribution is 7.92. The van der Waals surface area contributed by atoms with Gasteiger partial charge in [-0.1, -0.05) is 11.8 Å². The maximum absolute atomic E-state index is 12.1. The maximum atomic E-state index is 12.1. The molecule has 2 rings (SSSR count). The second kappa shape index (κ2) is 5.73. The first-order chi connectivity index (χ1) is 9.51. The molecule has 0 saturated heterocycles. The van der Waals surface area contributed by atoms with Gasteiger partial charge in [-0.2, -0.15) is 8.42 Å². The summed E-state index contributed by atoms with van der Waals surface area (Å²) < 4.78 is 28.0. The Labute approximate surface area is 116 Å². The Hall–Kier alpha value is -2.37. The predicted molar refractivity (Wildman–Crippen MR) is 74.2 cm³/mol. The fraction of sp³-hybridized carbons (Fsp3) is 0.167. The van der Waals surface area contributed by atoms with Crippen LogP contribution in [-0.2, 0) is 17.1 Å². The van der Waals surface area contributed by atoms with E-state index in [9.17, 15) is 8.42 Å². The SMILES string of the molecule is Cn1cnc(S(=O)(=O)Nc2cc(C#CCN)ccn2)c1. The molecule has 0 unspecified atom stereocenters. The minimum atomic E-state index is -3.75. The van der Waals surface area contributed by atoms with Crippen molar-refractivity contribution in [2.24, 2.45) is 12.8 Å². The third-order valence-corrected chi connectivity index (χ3v) is 3.53. The van der Waals surface area contributed by atoms with Gasteiger partial charge in [-0.25, -0.2) is 9.97 Å². The van der Waals surface area contributed by atoms with Gasteiger partial charge >= 0.3 is 0 Å². The summed E-state index contributed by atoms with van der Waals surface area (Å²) in [6.45, 7) is 0.233. The zero-order valence-corrected chi connectivity index (χ0v) is 11.6. The van der Waals surface area contributed by atoms with Crippen molar-refractivity contribution in [2.45, 2.75) is 5.03 Å². The number of nitrogens with zero attached hydrogens (tertiary/aromatic N) is 3. The van der Waals surface area contributed by atoms with Crippen molar-refractivity contribution in [1.82, 2.24) is 14.5 Å². The van der Waals surface area contributed by atoms with Crippen LogP contribution in [0.4, 0.5) is 5.82 Å². The van der Waals surface area contributed by atoms with Crippen LogP contribution in [0, 0.1) is 11.8 Å². The number of hydrogen-bond acceptors (Lipinski definition) is 5. The van der Waals surface area contributed by atoms with E-state index < -0.39 is 10.0 Å². The number of nitrogens with two attached hydrogens (primary N) is 1. The molecule has 20 heavy (non-hydrogen) atoms. The molecule has 0 fully saturated rings. The summed E-state index contributed by atoms with van der Waals surface area (Å²) in [4.78, 5) is 7.74. The Kier molecular flexibility index (Phi) is 4.02. The van der Waals surface area contributed by atoms with Crippen LogP contribution in [-0.4, -0.2) is 29.5 Å². The number of nitrogens with one attached hydrogen (secondary N) is 1. The molecule has 0 saturated carbocycles. The van der Waals surface area contributed by atoms with Crippen molar-refractivity contribution in [2.75, 3.05) is 11.3 Å². The van der Waals surface area contributed by atoms with Gasteiger partial charge in [0.1, 0.15) is 5.82 Å². The zero-order valence-electron chi connectivity index (χ0n) is 10.7. The van der Waals surface area contributed by atoms with Crippen LogP contribution < -0.4 is 10.5 Å². The van der Waals surface area contributed by atoms with E-state index in [4.69, 9.17) is 5.73 Å². The molecule has 3 N–H and O–H groups in total. The Morgan fingerprint density at radius 2 is 2.25 bits per heavy atom. The van der Waals surface area contributed by atoms with Gasteiger partial charge in [0.25, 0.3) is 10.0 Å². The molecule has 2 aromatic heterocycles. The number of hydrogen-bond donors (Lipinski definition) is 2. The Morgan fingerprint density at radius 1 is 1.45 bits per heavy atom. The first-order valence-corrected chi connectivity index (χ1v) is 7.15. The highest BCUT2D eigenvalue weighted by Gasteiger charge is 2.17. The fourth-order valence-electron chi connectivity index (χ4n) is 1.43. The van der Waals surface area contributed by atoms with Crippen molar-refractivity contribution >= 4 is 15.8 Å². The lowest BCUT2D eigenvalue weighted by molar-refractivity contribution is 0.598. The van der Waals surface area contributed by atoms with Gasteiger partial charge in [0.15, 0.2) is 5.03 Å². The second-order valence-electron chi connectivity index (χ2n) is 3.92. The summed E-state index contributed by atoms with van der Waals surface area (Å²) >= 11 is 0. The van der Waals surface area contributed by atoms with Crippen molar-refractivity contribution < 1.29 is 8.42 Å². The molecule has 8 heteroatoms. The number of aryl methyl sites for hydroxylation is 1. The zero-order chi connectivity index (χ0) is 14.6. The average Bonchev–Trinajstić information content (AvgIpc) is 2.84. The topological polar surface area (TPSA) is 103 Å². The van der Waals surface area contributed by atoms with E-state index in [1.807, 2.05) is 0 Å². The van der Waals surface area contributed by atoms with E-state index in [1.165, 1.54) is 24.8 Å². The van der Waals surface area contributed by atoms with Crippen LogP contribution in [0.1, 0.15) is 5.56 Å². The van der Waals surface area contributed by atoms with E-state index in [-0.39, 0.29) is 17.4 Å². The van der Waals surface area contributed by atoms with E-state index in [2.05, 4.69) is 26.5 Å². The molecular weight excluding hydrogens is 278 g/mol. The highest BCUT2D eigenvalue weighted by Crippen LogP contribution is 2.12. The number of anilines is 1. The van der Waals surface area contributed by atoms with Gasteiger partial charge in [-0.05, 0) is 12.1 Å². The van der Waals surface area contributed by atoms with Crippen LogP contribution >= 0.6 is 0 Å². The van der Waals surface area contributed by atoms with Gasteiger partial charge in [0, 0.05) is 25.0 Å². The van der Waals surface area contributed by atoms with E-state index >= 15 is 0 Å². The normalized spacial score (nSPS) is 10.7. The monoisotopic (exact) mass is 291 g/mol. The summed E-state index contributed by atoms with van der Waals surface area (Å²) in [5.41, 5.74) is 5.91. The van der Waals surface area contributed by atoms with Gasteiger partial charge in [-0.15, -0.1) is 0 Å².